The molecule has 0 saturated carbocycles. The predicted molar refractivity (Wildman–Crippen MR) is 72.2 cm³/mol. The molecule has 0 aliphatic heterocycles. The summed E-state index contributed by atoms with van der Waals surface area (Å²) in [7, 11) is 0. The van der Waals surface area contributed by atoms with Crippen LogP contribution in [0.5, 0.6) is 0 Å². The summed E-state index contributed by atoms with van der Waals surface area (Å²) in [5.74, 6) is 1.65. The molecule has 0 bridgehead atoms. The normalized spacial score (nSPS) is 10.7. The molecule has 1 N–H and O–H groups in total. The maximum Gasteiger partial charge on any atom is 0.140 e. The van der Waals surface area contributed by atoms with E-state index in [-0.39, 0.29) is 0 Å². The summed E-state index contributed by atoms with van der Waals surface area (Å²) >= 11 is 6.87. The average Bonchev–Trinajstić information content (AvgIpc) is 2.22. The Morgan fingerprint density at radius 1 is 1.33 bits per heavy atom. The van der Waals surface area contributed by atoms with Gasteiger partial charge in [-0.1, -0.05) is 26.7 Å². The van der Waals surface area contributed by atoms with Gasteiger partial charge < -0.3 is 5.32 Å². The summed E-state index contributed by atoms with van der Waals surface area (Å²) in [4.78, 5) is 4.31. The van der Waals surface area contributed by atoms with Crippen molar-refractivity contribution in [3.63, 3.8) is 0 Å². The van der Waals surface area contributed by atoms with Gasteiger partial charge in [0.05, 0.1) is 4.47 Å². The Morgan fingerprint density at radius 2 is 2.00 bits per heavy atom. The van der Waals surface area contributed by atoms with Crippen molar-refractivity contribution in [2.24, 2.45) is 5.92 Å². The molecule has 0 aliphatic rings. The molecule has 0 aromatic carbocycles. The van der Waals surface area contributed by atoms with Crippen LogP contribution >= 0.6 is 31.9 Å². The molecule has 0 fully saturated rings. The van der Waals surface area contributed by atoms with Gasteiger partial charge in [0.2, 0.25) is 0 Å². The maximum absolute atomic E-state index is 4.31. The first-order chi connectivity index (χ1) is 7.17. The lowest BCUT2D eigenvalue weighted by Gasteiger charge is -2.14. The lowest BCUT2D eigenvalue weighted by Crippen LogP contribution is -2.13. The third kappa shape index (κ3) is 4.11. The van der Waals surface area contributed by atoms with E-state index in [2.05, 4.69) is 56.0 Å². The van der Waals surface area contributed by atoms with E-state index >= 15 is 0 Å². The number of nitrogens with one attached hydrogen (secondary N) is 1. The number of aromatic nitrogens is 1. The Labute approximate surface area is 108 Å². The molecule has 0 atom stereocenters. The second-order valence-electron chi connectivity index (χ2n) is 3.55. The highest BCUT2D eigenvalue weighted by molar-refractivity contribution is 9.11. The zero-order chi connectivity index (χ0) is 11.3. The second-order valence-corrected chi connectivity index (χ2v) is 5.32. The first kappa shape index (κ1) is 13.0. The smallest absolute Gasteiger partial charge is 0.140 e. The number of nitrogens with zero attached hydrogens (tertiary/aromatic N) is 1. The molecule has 15 heavy (non-hydrogen) atoms. The number of pyridine rings is 1. The predicted octanol–water partition coefficient (Wildman–Crippen LogP) is 4.45. The van der Waals surface area contributed by atoms with Crippen LogP contribution in [0.4, 0.5) is 5.82 Å². The minimum Gasteiger partial charge on any atom is -0.369 e. The fourth-order valence-corrected chi connectivity index (χ4v) is 2.49. The lowest BCUT2D eigenvalue weighted by molar-refractivity contribution is 0.518. The molecule has 0 amide bonds. The van der Waals surface area contributed by atoms with Gasteiger partial charge in [-0.05, 0) is 43.8 Å². The molecule has 2 nitrogen and oxygen atoms in total. The fourth-order valence-electron chi connectivity index (χ4n) is 1.36. The van der Waals surface area contributed by atoms with E-state index in [1.54, 1.807) is 6.20 Å². The standard InChI is InChI=1S/C11H16Br2N2/c1-3-8(4-2)6-14-11-10(13)5-9(12)7-15-11/h5,7-8H,3-4,6H2,1-2H3,(H,14,15). The Bertz CT molecular complexity index is 311. The van der Waals surface area contributed by atoms with Gasteiger partial charge in [0.25, 0.3) is 0 Å². The van der Waals surface area contributed by atoms with E-state index in [4.69, 9.17) is 0 Å². The van der Waals surface area contributed by atoms with Crippen LogP contribution in [0.3, 0.4) is 0 Å². The van der Waals surface area contributed by atoms with E-state index < -0.39 is 0 Å². The van der Waals surface area contributed by atoms with Crippen molar-refractivity contribution in [2.45, 2.75) is 26.7 Å². The molecule has 1 aromatic rings. The summed E-state index contributed by atoms with van der Waals surface area (Å²) < 4.78 is 1.99. The van der Waals surface area contributed by atoms with Crippen LogP contribution in [0.15, 0.2) is 21.2 Å². The van der Waals surface area contributed by atoms with Crippen LogP contribution in [0.2, 0.25) is 0 Å². The van der Waals surface area contributed by atoms with Gasteiger partial charge in [0.1, 0.15) is 5.82 Å². The number of hydrogen-bond acceptors (Lipinski definition) is 2. The number of rotatable bonds is 5. The number of halogens is 2. The van der Waals surface area contributed by atoms with Crippen LogP contribution in [-0.4, -0.2) is 11.5 Å². The number of hydrogen-bond donors (Lipinski definition) is 1. The van der Waals surface area contributed by atoms with Gasteiger partial charge in [-0.25, -0.2) is 4.98 Å². The van der Waals surface area contributed by atoms with Crippen molar-refractivity contribution < 1.29 is 0 Å². The monoisotopic (exact) mass is 334 g/mol. The van der Waals surface area contributed by atoms with E-state index in [0.717, 1.165) is 27.2 Å². The van der Waals surface area contributed by atoms with E-state index in [0.29, 0.717) is 0 Å². The van der Waals surface area contributed by atoms with Gasteiger partial charge in [-0.2, -0.15) is 0 Å². The number of anilines is 1. The molecule has 0 unspecified atom stereocenters. The highest BCUT2D eigenvalue weighted by Crippen LogP contribution is 2.23. The molecule has 1 aromatic heterocycles. The van der Waals surface area contributed by atoms with E-state index in [1.165, 1.54) is 12.8 Å². The van der Waals surface area contributed by atoms with Crippen molar-refractivity contribution >= 4 is 37.7 Å². The van der Waals surface area contributed by atoms with Crippen LogP contribution in [0.1, 0.15) is 26.7 Å². The quantitative estimate of drug-likeness (QED) is 0.859. The molecule has 84 valence electrons. The molecule has 0 saturated heterocycles. The maximum atomic E-state index is 4.31. The van der Waals surface area contributed by atoms with Crippen molar-refractivity contribution in [1.29, 1.82) is 0 Å². The van der Waals surface area contributed by atoms with Crippen LogP contribution < -0.4 is 5.32 Å². The van der Waals surface area contributed by atoms with Crippen molar-refractivity contribution in [1.82, 2.24) is 4.98 Å². The zero-order valence-corrected chi connectivity index (χ0v) is 12.2. The van der Waals surface area contributed by atoms with Gasteiger partial charge in [-0.15, -0.1) is 0 Å². The Morgan fingerprint density at radius 3 is 2.53 bits per heavy atom. The van der Waals surface area contributed by atoms with Crippen LogP contribution in [-0.2, 0) is 0 Å². The largest absolute Gasteiger partial charge is 0.369 e. The summed E-state index contributed by atoms with van der Waals surface area (Å²) in [6, 6.07) is 2.00. The van der Waals surface area contributed by atoms with E-state index in [1.807, 2.05) is 6.07 Å². The SMILES string of the molecule is CCC(CC)CNc1ncc(Br)cc1Br. The van der Waals surface area contributed by atoms with Crippen LogP contribution in [0.25, 0.3) is 0 Å². The molecular formula is C11H16Br2N2. The van der Waals surface area contributed by atoms with Gasteiger partial charge in [0, 0.05) is 17.2 Å². The second kappa shape index (κ2) is 6.48. The first-order valence-electron chi connectivity index (χ1n) is 5.22. The first-order valence-corrected chi connectivity index (χ1v) is 6.80. The molecule has 0 spiro atoms. The topological polar surface area (TPSA) is 24.9 Å². The average molecular weight is 336 g/mol. The van der Waals surface area contributed by atoms with Gasteiger partial charge in [-0.3, -0.25) is 0 Å². The molecule has 0 aliphatic carbocycles. The highest BCUT2D eigenvalue weighted by Gasteiger charge is 2.06. The highest BCUT2D eigenvalue weighted by atomic mass is 79.9. The molecule has 1 heterocycles. The van der Waals surface area contributed by atoms with E-state index in [9.17, 15) is 0 Å². The van der Waals surface area contributed by atoms with Crippen molar-refractivity contribution in [3.05, 3.63) is 21.2 Å². The van der Waals surface area contributed by atoms with Crippen molar-refractivity contribution in [3.8, 4) is 0 Å². The third-order valence-corrected chi connectivity index (χ3v) is 3.56. The summed E-state index contributed by atoms with van der Waals surface area (Å²) in [6.07, 6.45) is 4.22. The van der Waals surface area contributed by atoms with Gasteiger partial charge >= 0.3 is 0 Å². The third-order valence-electron chi connectivity index (χ3n) is 2.52. The minimum absolute atomic E-state index is 0.724. The van der Waals surface area contributed by atoms with Crippen LogP contribution in [0, 0.1) is 5.92 Å². The summed E-state index contributed by atoms with van der Waals surface area (Å²) in [6.45, 7) is 5.43. The Kier molecular flexibility index (Phi) is 5.61. The lowest BCUT2D eigenvalue weighted by atomic mass is 10.0. The molecular weight excluding hydrogens is 320 g/mol. The Balaban J connectivity index is 2.57. The minimum atomic E-state index is 0.724. The Hall–Kier alpha value is -0.0900. The summed E-state index contributed by atoms with van der Waals surface area (Å²) in [5, 5.41) is 3.36. The molecule has 1 rings (SSSR count). The fraction of sp³-hybridized carbons (Fsp3) is 0.545. The molecule has 4 heteroatoms. The molecule has 0 radical (unpaired) electrons. The summed E-state index contributed by atoms with van der Waals surface area (Å²) in [5.41, 5.74) is 0. The van der Waals surface area contributed by atoms with Gasteiger partial charge in [0.15, 0.2) is 0 Å². The zero-order valence-electron chi connectivity index (χ0n) is 9.06. The van der Waals surface area contributed by atoms with Crippen molar-refractivity contribution in [2.75, 3.05) is 11.9 Å².